The third-order valence-electron chi connectivity index (χ3n) is 5.10. The van der Waals surface area contributed by atoms with Gasteiger partial charge in [0, 0.05) is 32.4 Å². The molecule has 26 heavy (non-hydrogen) atoms. The molecule has 6 nitrogen and oxygen atoms in total. The molecule has 1 fully saturated rings. The topological polar surface area (TPSA) is 71.4 Å². The third kappa shape index (κ3) is 3.54. The number of benzene rings is 1. The van der Waals surface area contributed by atoms with Crippen molar-refractivity contribution in [3.63, 3.8) is 0 Å². The van der Waals surface area contributed by atoms with Gasteiger partial charge in [-0.2, -0.15) is 0 Å². The molecule has 2 aromatic rings. The fourth-order valence-corrected chi connectivity index (χ4v) is 4.58. The molecule has 0 saturated carbocycles. The summed E-state index contributed by atoms with van der Waals surface area (Å²) in [6.07, 6.45) is 2.00. The maximum atomic E-state index is 12.8. The van der Waals surface area contributed by atoms with Crippen LogP contribution in [0, 0.1) is 13.8 Å². The van der Waals surface area contributed by atoms with Crippen molar-refractivity contribution in [2.24, 2.45) is 7.05 Å². The van der Waals surface area contributed by atoms with E-state index in [9.17, 15) is 13.2 Å². The van der Waals surface area contributed by atoms with Gasteiger partial charge >= 0.3 is 0 Å². The van der Waals surface area contributed by atoms with Crippen LogP contribution in [-0.4, -0.2) is 36.9 Å². The number of aryl methyl sites for hydroxylation is 1. The second-order valence-electron chi connectivity index (χ2n) is 6.79. The Kier molecular flexibility index (Phi) is 5.20. The van der Waals surface area contributed by atoms with Crippen LogP contribution in [0.15, 0.2) is 35.2 Å². The van der Waals surface area contributed by atoms with Gasteiger partial charge in [-0.3, -0.25) is 4.79 Å². The lowest BCUT2D eigenvalue weighted by Crippen LogP contribution is -2.29. The van der Waals surface area contributed by atoms with E-state index in [-0.39, 0.29) is 17.3 Å². The van der Waals surface area contributed by atoms with Gasteiger partial charge in [-0.25, -0.2) is 13.1 Å². The molecule has 1 aromatic heterocycles. The second-order valence-corrected chi connectivity index (χ2v) is 8.52. The number of aromatic nitrogens is 1. The SMILES string of the molecule is Cc1ccccc1CNS(=O)(=O)c1cc(C(=O)N2CCCC2)n(C)c1C. The van der Waals surface area contributed by atoms with E-state index < -0.39 is 10.0 Å². The Bertz CT molecular complexity index is 926. The molecule has 3 rings (SSSR count). The first-order valence-corrected chi connectivity index (χ1v) is 10.3. The summed E-state index contributed by atoms with van der Waals surface area (Å²) in [5.41, 5.74) is 2.94. The number of hydrogen-bond acceptors (Lipinski definition) is 3. The van der Waals surface area contributed by atoms with Crippen molar-refractivity contribution in [1.29, 1.82) is 0 Å². The molecule has 1 aromatic carbocycles. The van der Waals surface area contributed by atoms with E-state index >= 15 is 0 Å². The van der Waals surface area contributed by atoms with Crippen LogP contribution in [0.1, 0.15) is 40.2 Å². The quantitative estimate of drug-likeness (QED) is 0.872. The lowest BCUT2D eigenvalue weighted by molar-refractivity contribution is 0.0783. The van der Waals surface area contributed by atoms with Crippen LogP contribution in [0.25, 0.3) is 0 Å². The standard InChI is InChI=1S/C19H25N3O3S/c1-14-8-4-5-9-16(14)13-20-26(24,25)18-12-17(21(3)15(18)2)19(23)22-10-6-7-11-22/h4-5,8-9,12,20H,6-7,10-11,13H2,1-3H3. The molecular weight excluding hydrogens is 350 g/mol. The Morgan fingerprint density at radius 3 is 2.46 bits per heavy atom. The van der Waals surface area contributed by atoms with Gasteiger partial charge in [0.05, 0.1) is 0 Å². The monoisotopic (exact) mass is 375 g/mol. The van der Waals surface area contributed by atoms with Crippen molar-refractivity contribution >= 4 is 15.9 Å². The number of carbonyl (C=O) groups excluding carboxylic acids is 1. The van der Waals surface area contributed by atoms with Crippen LogP contribution >= 0.6 is 0 Å². The Morgan fingerprint density at radius 2 is 1.81 bits per heavy atom. The van der Waals surface area contributed by atoms with Crippen LogP contribution in [0.3, 0.4) is 0 Å². The minimum absolute atomic E-state index is 0.103. The largest absolute Gasteiger partial charge is 0.343 e. The van der Waals surface area contributed by atoms with Crippen LogP contribution < -0.4 is 4.72 Å². The van der Waals surface area contributed by atoms with Gasteiger partial charge in [-0.15, -0.1) is 0 Å². The Balaban J connectivity index is 1.84. The summed E-state index contributed by atoms with van der Waals surface area (Å²) in [6, 6.07) is 9.15. The molecule has 1 saturated heterocycles. The lowest BCUT2D eigenvalue weighted by Gasteiger charge is -2.15. The van der Waals surface area contributed by atoms with Gasteiger partial charge in [-0.1, -0.05) is 24.3 Å². The highest BCUT2D eigenvalue weighted by Crippen LogP contribution is 2.22. The summed E-state index contributed by atoms with van der Waals surface area (Å²) in [5, 5.41) is 0. The Labute approximate surface area is 154 Å². The molecule has 1 aliphatic heterocycles. The number of sulfonamides is 1. The summed E-state index contributed by atoms with van der Waals surface area (Å²) in [4.78, 5) is 14.6. The maximum Gasteiger partial charge on any atom is 0.270 e. The van der Waals surface area contributed by atoms with E-state index in [1.165, 1.54) is 6.07 Å². The normalized spacial score (nSPS) is 14.8. The van der Waals surface area contributed by atoms with Crippen LogP contribution in [0.4, 0.5) is 0 Å². The minimum atomic E-state index is -3.71. The first-order chi connectivity index (χ1) is 12.3. The number of likely N-dealkylation sites (tertiary alicyclic amines) is 1. The second kappa shape index (κ2) is 7.25. The van der Waals surface area contributed by atoms with Gasteiger partial charge in [0.15, 0.2) is 0 Å². The smallest absolute Gasteiger partial charge is 0.270 e. The number of nitrogens with zero attached hydrogens (tertiary/aromatic N) is 2. The molecular formula is C19H25N3O3S. The molecule has 0 unspecified atom stereocenters. The van der Waals surface area contributed by atoms with Gasteiger partial charge in [0.1, 0.15) is 10.6 Å². The van der Waals surface area contributed by atoms with Crippen molar-refractivity contribution in [1.82, 2.24) is 14.2 Å². The van der Waals surface area contributed by atoms with E-state index in [1.807, 2.05) is 31.2 Å². The van der Waals surface area contributed by atoms with Gasteiger partial charge in [0.2, 0.25) is 10.0 Å². The molecule has 1 N–H and O–H groups in total. The number of amides is 1. The minimum Gasteiger partial charge on any atom is -0.343 e. The van der Waals surface area contributed by atoms with Crippen molar-refractivity contribution in [3.8, 4) is 0 Å². The molecule has 0 aliphatic carbocycles. The molecule has 1 amide bonds. The molecule has 0 bridgehead atoms. The highest BCUT2D eigenvalue weighted by Gasteiger charge is 2.27. The molecule has 0 atom stereocenters. The first kappa shape index (κ1) is 18.7. The zero-order chi connectivity index (χ0) is 18.9. The van der Waals surface area contributed by atoms with E-state index in [4.69, 9.17) is 0 Å². The summed E-state index contributed by atoms with van der Waals surface area (Å²) in [6.45, 7) is 5.36. The molecule has 0 radical (unpaired) electrons. The fourth-order valence-electron chi connectivity index (χ4n) is 3.29. The van der Waals surface area contributed by atoms with Gasteiger partial charge in [0.25, 0.3) is 5.91 Å². The molecule has 0 spiro atoms. The van der Waals surface area contributed by atoms with E-state index in [1.54, 1.807) is 23.4 Å². The van der Waals surface area contributed by atoms with Crippen molar-refractivity contribution in [2.75, 3.05) is 13.1 Å². The predicted molar refractivity (Wildman–Crippen MR) is 100 cm³/mol. The van der Waals surface area contributed by atoms with Crippen LogP contribution in [-0.2, 0) is 23.6 Å². The molecule has 140 valence electrons. The predicted octanol–water partition coefficient (Wildman–Crippen LogP) is 2.36. The zero-order valence-electron chi connectivity index (χ0n) is 15.4. The molecule has 1 aliphatic rings. The average molecular weight is 375 g/mol. The summed E-state index contributed by atoms with van der Waals surface area (Å²) in [5.74, 6) is -0.103. The van der Waals surface area contributed by atoms with Gasteiger partial charge < -0.3 is 9.47 Å². The van der Waals surface area contributed by atoms with Crippen molar-refractivity contribution in [3.05, 3.63) is 52.8 Å². The number of carbonyl (C=O) groups is 1. The fraction of sp³-hybridized carbons (Fsp3) is 0.421. The van der Waals surface area contributed by atoms with Gasteiger partial charge in [-0.05, 0) is 43.9 Å². The third-order valence-corrected chi connectivity index (χ3v) is 6.62. The maximum absolute atomic E-state index is 12.8. The summed E-state index contributed by atoms with van der Waals surface area (Å²) in [7, 11) is -1.97. The summed E-state index contributed by atoms with van der Waals surface area (Å²) >= 11 is 0. The molecule has 2 heterocycles. The van der Waals surface area contributed by atoms with E-state index in [2.05, 4.69) is 4.72 Å². The van der Waals surface area contributed by atoms with E-state index in [0.717, 1.165) is 37.1 Å². The highest BCUT2D eigenvalue weighted by atomic mass is 32.2. The van der Waals surface area contributed by atoms with Crippen molar-refractivity contribution < 1.29 is 13.2 Å². The zero-order valence-corrected chi connectivity index (χ0v) is 16.3. The highest BCUT2D eigenvalue weighted by molar-refractivity contribution is 7.89. The van der Waals surface area contributed by atoms with Crippen LogP contribution in [0.5, 0.6) is 0 Å². The Morgan fingerprint density at radius 1 is 1.15 bits per heavy atom. The Hall–Kier alpha value is -2.12. The van der Waals surface area contributed by atoms with E-state index in [0.29, 0.717) is 11.4 Å². The van der Waals surface area contributed by atoms with Crippen molar-refractivity contribution in [2.45, 2.75) is 38.1 Å². The number of hydrogen-bond donors (Lipinski definition) is 1. The van der Waals surface area contributed by atoms with Crippen LogP contribution in [0.2, 0.25) is 0 Å². The number of rotatable bonds is 5. The lowest BCUT2D eigenvalue weighted by atomic mass is 10.1. The average Bonchev–Trinajstić information content (AvgIpc) is 3.24. The molecule has 7 heteroatoms. The summed E-state index contributed by atoms with van der Waals surface area (Å²) < 4.78 is 29.9. The first-order valence-electron chi connectivity index (χ1n) is 8.81. The number of nitrogens with one attached hydrogen (secondary N) is 1.